The number of nitrogens with zero attached hydrogens (tertiary/aromatic N) is 2. The number of para-hydroxylation sites is 2. The summed E-state index contributed by atoms with van der Waals surface area (Å²) < 4.78 is 2.38. The SMILES string of the molecule is CCC(C)c1nc2ccccc2n1Cc1ccc(-c2ccccc2)cc1. The van der Waals surface area contributed by atoms with E-state index in [1.165, 1.54) is 28.0 Å². The number of rotatable bonds is 5. The van der Waals surface area contributed by atoms with Crippen molar-refractivity contribution in [1.29, 1.82) is 0 Å². The summed E-state index contributed by atoms with van der Waals surface area (Å²) in [7, 11) is 0. The van der Waals surface area contributed by atoms with Crippen LogP contribution in [0.2, 0.25) is 0 Å². The summed E-state index contributed by atoms with van der Waals surface area (Å²) in [5.74, 6) is 1.63. The van der Waals surface area contributed by atoms with Crippen molar-refractivity contribution in [2.75, 3.05) is 0 Å². The molecule has 26 heavy (non-hydrogen) atoms. The minimum atomic E-state index is 0.450. The molecule has 2 nitrogen and oxygen atoms in total. The number of benzene rings is 3. The van der Waals surface area contributed by atoms with Gasteiger partial charge in [-0.3, -0.25) is 0 Å². The van der Waals surface area contributed by atoms with Crippen LogP contribution >= 0.6 is 0 Å². The van der Waals surface area contributed by atoms with Crippen LogP contribution in [0.15, 0.2) is 78.9 Å². The van der Waals surface area contributed by atoms with Gasteiger partial charge in [-0.15, -0.1) is 0 Å². The summed E-state index contributed by atoms with van der Waals surface area (Å²) in [4.78, 5) is 4.91. The Hall–Kier alpha value is -2.87. The molecule has 1 aromatic heterocycles. The summed E-state index contributed by atoms with van der Waals surface area (Å²) in [6.45, 7) is 5.34. The van der Waals surface area contributed by atoms with Gasteiger partial charge >= 0.3 is 0 Å². The first-order valence-corrected chi connectivity index (χ1v) is 9.35. The zero-order chi connectivity index (χ0) is 17.9. The van der Waals surface area contributed by atoms with Crippen molar-refractivity contribution < 1.29 is 0 Å². The predicted molar refractivity (Wildman–Crippen MR) is 109 cm³/mol. The lowest BCUT2D eigenvalue weighted by atomic mass is 10.0. The van der Waals surface area contributed by atoms with Gasteiger partial charge in [-0.2, -0.15) is 0 Å². The minimum absolute atomic E-state index is 0.450. The molecule has 3 aromatic carbocycles. The van der Waals surface area contributed by atoms with E-state index in [1.807, 2.05) is 0 Å². The summed E-state index contributed by atoms with van der Waals surface area (Å²) in [5.41, 5.74) is 6.12. The molecule has 0 saturated carbocycles. The first-order valence-electron chi connectivity index (χ1n) is 9.35. The molecular formula is C24H24N2. The van der Waals surface area contributed by atoms with Gasteiger partial charge in [0.2, 0.25) is 0 Å². The van der Waals surface area contributed by atoms with Crippen molar-refractivity contribution in [2.24, 2.45) is 0 Å². The molecule has 0 radical (unpaired) electrons. The van der Waals surface area contributed by atoms with Crippen LogP contribution in [0.5, 0.6) is 0 Å². The Morgan fingerprint density at radius 3 is 2.19 bits per heavy atom. The molecule has 0 aliphatic heterocycles. The molecule has 4 rings (SSSR count). The molecule has 1 unspecified atom stereocenters. The first kappa shape index (κ1) is 16.6. The van der Waals surface area contributed by atoms with Gasteiger partial charge in [0, 0.05) is 12.5 Å². The van der Waals surface area contributed by atoms with E-state index in [0.29, 0.717) is 5.92 Å². The molecule has 130 valence electrons. The van der Waals surface area contributed by atoms with Gasteiger partial charge in [0.25, 0.3) is 0 Å². The molecule has 1 heterocycles. The van der Waals surface area contributed by atoms with Crippen LogP contribution in [-0.2, 0) is 6.54 Å². The zero-order valence-electron chi connectivity index (χ0n) is 15.4. The van der Waals surface area contributed by atoms with E-state index >= 15 is 0 Å². The predicted octanol–water partition coefficient (Wildman–Crippen LogP) is 6.27. The van der Waals surface area contributed by atoms with Crippen molar-refractivity contribution >= 4 is 11.0 Å². The Balaban J connectivity index is 1.69. The van der Waals surface area contributed by atoms with E-state index in [1.54, 1.807) is 0 Å². The van der Waals surface area contributed by atoms with Crippen molar-refractivity contribution in [3.8, 4) is 11.1 Å². The van der Waals surface area contributed by atoms with E-state index in [0.717, 1.165) is 18.5 Å². The van der Waals surface area contributed by atoms with Crippen molar-refractivity contribution in [1.82, 2.24) is 9.55 Å². The highest BCUT2D eigenvalue weighted by Gasteiger charge is 2.15. The second-order valence-corrected chi connectivity index (χ2v) is 6.92. The summed E-state index contributed by atoms with van der Waals surface area (Å²) >= 11 is 0. The van der Waals surface area contributed by atoms with Crippen LogP contribution in [-0.4, -0.2) is 9.55 Å². The maximum atomic E-state index is 4.91. The minimum Gasteiger partial charge on any atom is -0.323 e. The molecule has 0 aliphatic carbocycles. The lowest BCUT2D eigenvalue weighted by Crippen LogP contribution is -2.08. The number of hydrogen-bond donors (Lipinski definition) is 0. The second kappa shape index (κ2) is 7.17. The van der Waals surface area contributed by atoms with Crippen LogP contribution in [0.1, 0.15) is 37.6 Å². The highest BCUT2D eigenvalue weighted by atomic mass is 15.1. The average Bonchev–Trinajstić information content (AvgIpc) is 3.07. The molecule has 0 bridgehead atoms. The largest absolute Gasteiger partial charge is 0.323 e. The lowest BCUT2D eigenvalue weighted by molar-refractivity contribution is 0.627. The highest BCUT2D eigenvalue weighted by molar-refractivity contribution is 5.76. The maximum absolute atomic E-state index is 4.91. The molecule has 0 spiro atoms. The molecule has 4 aromatic rings. The van der Waals surface area contributed by atoms with E-state index in [2.05, 4.69) is 97.3 Å². The fourth-order valence-corrected chi connectivity index (χ4v) is 3.43. The van der Waals surface area contributed by atoms with Crippen molar-refractivity contribution in [3.63, 3.8) is 0 Å². The summed E-state index contributed by atoms with van der Waals surface area (Å²) in [5, 5.41) is 0. The first-order chi connectivity index (χ1) is 12.8. The third kappa shape index (κ3) is 3.15. The Bertz CT molecular complexity index is 998. The number of fused-ring (bicyclic) bond motifs is 1. The molecule has 2 heteroatoms. The van der Waals surface area contributed by atoms with Crippen LogP contribution in [0, 0.1) is 0 Å². The smallest absolute Gasteiger partial charge is 0.113 e. The summed E-state index contributed by atoms with van der Waals surface area (Å²) in [6, 6.07) is 27.9. The lowest BCUT2D eigenvalue weighted by Gasteiger charge is -2.14. The number of imidazole rings is 1. The molecule has 1 atom stereocenters. The molecule has 0 N–H and O–H groups in total. The van der Waals surface area contributed by atoms with Crippen LogP contribution in [0.3, 0.4) is 0 Å². The molecule has 0 fully saturated rings. The highest BCUT2D eigenvalue weighted by Crippen LogP contribution is 2.26. The van der Waals surface area contributed by atoms with Crippen LogP contribution < -0.4 is 0 Å². The Kier molecular flexibility index (Phi) is 4.57. The molecular weight excluding hydrogens is 316 g/mol. The van der Waals surface area contributed by atoms with E-state index < -0.39 is 0 Å². The van der Waals surface area contributed by atoms with Gasteiger partial charge in [-0.05, 0) is 35.2 Å². The van der Waals surface area contributed by atoms with Gasteiger partial charge in [0.05, 0.1) is 11.0 Å². The number of aromatic nitrogens is 2. The van der Waals surface area contributed by atoms with Gasteiger partial charge in [0.1, 0.15) is 5.82 Å². The van der Waals surface area contributed by atoms with Crippen LogP contribution in [0.4, 0.5) is 0 Å². The molecule has 0 aliphatic rings. The number of hydrogen-bond acceptors (Lipinski definition) is 1. The van der Waals surface area contributed by atoms with Crippen molar-refractivity contribution in [2.45, 2.75) is 32.7 Å². The Labute approximate surface area is 155 Å². The van der Waals surface area contributed by atoms with Gasteiger partial charge in [-0.1, -0.05) is 80.6 Å². The van der Waals surface area contributed by atoms with Crippen molar-refractivity contribution in [3.05, 3.63) is 90.3 Å². The quantitative estimate of drug-likeness (QED) is 0.419. The van der Waals surface area contributed by atoms with E-state index in [9.17, 15) is 0 Å². The summed E-state index contributed by atoms with van der Waals surface area (Å²) in [6.07, 6.45) is 1.09. The zero-order valence-corrected chi connectivity index (χ0v) is 15.4. The maximum Gasteiger partial charge on any atom is 0.113 e. The van der Waals surface area contributed by atoms with Crippen LogP contribution in [0.25, 0.3) is 22.2 Å². The van der Waals surface area contributed by atoms with E-state index in [4.69, 9.17) is 4.98 Å². The molecule has 0 saturated heterocycles. The van der Waals surface area contributed by atoms with Gasteiger partial charge in [-0.25, -0.2) is 4.98 Å². The van der Waals surface area contributed by atoms with Gasteiger partial charge in [0.15, 0.2) is 0 Å². The second-order valence-electron chi connectivity index (χ2n) is 6.92. The fourth-order valence-electron chi connectivity index (χ4n) is 3.43. The van der Waals surface area contributed by atoms with Gasteiger partial charge < -0.3 is 4.57 Å². The Morgan fingerprint density at radius 1 is 0.808 bits per heavy atom. The molecule has 0 amide bonds. The fraction of sp³-hybridized carbons (Fsp3) is 0.208. The normalized spacial score (nSPS) is 12.4. The average molecular weight is 340 g/mol. The van der Waals surface area contributed by atoms with E-state index in [-0.39, 0.29) is 0 Å². The standard InChI is InChI=1S/C24H24N2/c1-3-18(2)24-25-22-11-7-8-12-23(22)26(24)17-19-13-15-21(16-14-19)20-9-5-4-6-10-20/h4-16,18H,3,17H2,1-2H3. The third-order valence-corrected chi connectivity index (χ3v) is 5.14. The topological polar surface area (TPSA) is 17.8 Å². The Morgan fingerprint density at radius 2 is 1.46 bits per heavy atom. The monoisotopic (exact) mass is 340 g/mol. The third-order valence-electron chi connectivity index (χ3n) is 5.14.